The van der Waals surface area contributed by atoms with E-state index in [0.29, 0.717) is 17.4 Å². The van der Waals surface area contributed by atoms with Crippen molar-refractivity contribution in [3.63, 3.8) is 0 Å². The molecule has 1 aromatic heterocycles. The summed E-state index contributed by atoms with van der Waals surface area (Å²) in [5.41, 5.74) is 1.73. The highest BCUT2D eigenvalue weighted by Crippen LogP contribution is 2.35. The molecule has 0 fully saturated rings. The van der Waals surface area contributed by atoms with Crippen LogP contribution in [0.2, 0.25) is 0 Å². The Kier molecular flexibility index (Phi) is 5.59. The van der Waals surface area contributed by atoms with Gasteiger partial charge >= 0.3 is 7.47 Å². The SMILES string of the molecule is CN(C)/C=C/C(=O)c1c(OB(F)F)c2ccccc2n1Cc1ccccc1. The van der Waals surface area contributed by atoms with Crippen LogP contribution >= 0.6 is 0 Å². The second-order valence-electron chi connectivity index (χ2n) is 6.29. The van der Waals surface area contributed by atoms with Crippen molar-refractivity contribution in [3.05, 3.63) is 78.1 Å². The van der Waals surface area contributed by atoms with Crippen LogP contribution in [0.1, 0.15) is 16.1 Å². The van der Waals surface area contributed by atoms with E-state index in [1.165, 1.54) is 6.08 Å². The van der Waals surface area contributed by atoms with Gasteiger partial charge in [-0.2, -0.15) is 0 Å². The molecule has 1 heterocycles. The Bertz CT molecular complexity index is 969. The third-order valence-electron chi connectivity index (χ3n) is 4.07. The predicted octanol–water partition coefficient (Wildman–Crippen LogP) is 4.25. The summed E-state index contributed by atoms with van der Waals surface area (Å²) in [6.45, 7) is 0.366. The van der Waals surface area contributed by atoms with Gasteiger partial charge in [0.1, 0.15) is 11.4 Å². The van der Waals surface area contributed by atoms with E-state index in [2.05, 4.69) is 0 Å². The molecule has 138 valence electrons. The maximum atomic E-state index is 13.1. The Morgan fingerprint density at radius 2 is 1.78 bits per heavy atom. The van der Waals surface area contributed by atoms with Crippen LogP contribution in [0.5, 0.6) is 5.75 Å². The molecule has 0 bridgehead atoms. The van der Waals surface area contributed by atoms with Crippen molar-refractivity contribution in [1.29, 1.82) is 0 Å². The third kappa shape index (κ3) is 4.19. The topological polar surface area (TPSA) is 34.5 Å². The number of nitrogens with zero attached hydrogens (tertiary/aromatic N) is 2. The van der Waals surface area contributed by atoms with E-state index < -0.39 is 13.3 Å². The number of hydrogen-bond donors (Lipinski definition) is 0. The van der Waals surface area contributed by atoms with Crippen LogP contribution in [-0.2, 0) is 6.54 Å². The first-order chi connectivity index (χ1) is 13.0. The lowest BCUT2D eigenvalue weighted by Gasteiger charge is -2.11. The Labute approximate surface area is 156 Å². The van der Waals surface area contributed by atoms with Gasteiger partial charge in [0, 0.05) is 38.3 Å². The molecule has 7 heteroatoms. The molecule has 4 nitrogen and oxygen atoms in total. The highest BCUT2D eigenvalue weighted by atomic mass is 19.2. The van der Waals surface area contributed by atoms with Crippen LogP contribution in [0.4, 0.5) is 8.63 Å². The average molecular weight is 368 g/mol. The second kappa shape index (κ2) is 8.08. The van der Waals surface area contributed by atoms with Gasteiger partial charge in [0.05, 0.1) is 5.52 Å². The molecule has 3 rings (SSSR count). The maximum Gasteiger partial charge on any atom is 0.796 e. The summed E-state index contributed by atoms with van der Waals surface area (Å²) >= 11 is 0. The summed E-state index contributed by atoms with van der Waals surface area (Å²) in [4.78, 5) is 14.6. The van der Waals surface area contributed by atoms with Gasteiger partial charge in [-0.3, -0.25) is 4.79 Å². The largest absolute Gasteiger partial charge is 0.796 e. The number of carbonyl (C=O) groups is 1. The fourth-order valence-corrected chi connectivity index (χ4v) is 2.95. The number of ketones is 1. The molecule has 0 atom stereocenters. The normalized spacial score (nSPS) is 11.1. The van der Waals surface area contributed by atoms with Crippen molar-refractivity contribution in [2.24, 2.45) is 0 Å². The Balaban J connectivity index is 2.21. The van der Waals surface area contributed by atoms with E-state index in [-0.39, 0.29) is 11.4 Å². The molecule has 0 spiro atoms. The Morgan fingerprint density at radius 3 is 2.44 bits per heavy atom. The van der Waals surface area contributed by atoms with Crippen LogP contribution in [0, 0.1) is 0 Å². The number of aromatic nitrogens is 1. The van der Waals surface area contributed by atoms with Crippen LogP contribution in [0.3, 0.4) is 0 Å². The number of benzene rings is 2. The van der Waals surface area contributed by atoms with Crippen molar-refractivity contribution >= 4 is 24.2 Å². The Morgan fingerprint density at radius 1 is 1.11 bits per heavy atom. The summed E-state index contributed by atoms with van der Waals surface area (Å²) in [5, 5.41) is 0.482. The number of para-hydroxylation sites is 1. The number of carbonyl (C=O) groups excluding carboxylic acids is 1. The monoisotopic (exact) mass is 368 g/mol. The maximum absolute atomic E-state index is 13.1. The van der Waals surface area contributed by atoms with E-state index in [1.807, 2.05) is 30.3 Å². The molecule has 0 unspecified atom stereocenters. The molecular formula is C20H19BF2N2O2. The predicted molar refractivity (Wildman–Crippen MR) is 103 cm³/mol. The van der Waals surface area contributed by atoms with Crippen molar-refractivity contribution in [1.82, 2.24) is 9.47 Å². The van der Waals surface area contributed by atoms with Gasteiger partial charge in [0.25, 0.3) is 0 Å². The van der Waals surface area contributed by atoms with Crippen molar-refractivity contribution in [3.8, 4) is 5.75 Å². The first-order valence-corrected chi connectivity index (χ1v) is 8.46. The van der Waals surface area contributed by atoms with E-state index >= 15 is 0 Å². The summed E-state index contributed by atoms with van der Waals surface area (Å²) in [5.74, 6) is -0.489. The molecule has 0 saturated carbocycles. The van der Waals surface area contributed by atoms with Crippen molar-refractivity contribution < 1.29 is 18.1 Å². The van der Waals surface area contributed by atoms with Gasteiger partial charge < -0.3 is 14.1 Å². The number of fused-ring (bicyclic) bond motifs is 1. The lowest BCUT2D eigenvalue weighted by atomic mass is 10.2. The zero-order chi connectivity index (χ0) is 19.4. The van der Waals surface area contributed by atoms with Gasteiger partial charge in [0.2, 0.25) is 5.78 Å². The fraction of sp³-hybridized carbons (Fsp3) is 0.150. The molecular weight excluding hydrogens is 349 g/mol. The van der Waals surface area contributed by atoms with Crippen LogP contribution in [0.25, 0.3) is 10.9 Å². The summed E-state index contributed by atoms with van der Waals surface area (Å²) in [7, 11) is 0.532. The first kappa shape index (κ1) is 18.7. The summed E-state index contributed by atoms with van der Waals surface area (Å²) in [6, 6.07) is 16.5. The third-order valence-corrected chi connectivity index (χ3v) is 4.07. The number of rotatable bonds is 7. The number of halogens is 2. The standard InChI is InChI=1S/C20H19BF2N2O2/c1-24(2)13-12-18(26)19-20(27-21(22)23)16-10-6-7-11-17(16)25(19)14-15-8-4-3-5-9-15/h3-13H,14H2,1-2H3/b13-12+. The molecule has 0 radical (unpaired) electrons. The van der Waals surface area contributed by atoms with Crippen molar-refractivity contribution in [2.45, 2.75) is 6.54 Å². The summed E-state index contributed by atoms with van der Waals surface area (Å²) in [6.07, 6.45) is 2.94. The highest BCUT2D eigenvalue weighted by molar-refractivity contribution is 6.36. The van der Waals surface area contributed by atoms with Crippen LogP contribution in [-0.4, -0.2) is 36.8 Å². The molecule has 0 amide bonds. The van der Waals surface area contributed by atoms with Gasteiger partial charge in [-0.15, -0.1) is 0 Å². The zero-order valence-corrected chi connectivity index (χ0v) is 15.1. The van der Waals surface area contributed by atoms with Gasteiger partial charge in [-0.1, -0.05) is 42.5 Å². The van der Waals surface area contributed by atoms with E-state index in [4.69, 9.17) is 4.65 Å². The number of hydrogen-bond acceptors (Lipinski definition) is 3. The van der Waals surface area contributed by atoms with E-state index in [0.717, 1.165) is 5.56 Å². The highest BCUT2D eigenvalue weighted by Gasteiger charge is 2.28. The molecule has 27 heavy (non-hydrogen) atoms. The second-order valence-corrected chi connectivity index (χ2v) is 6.29. The molecule has 2 aromatic carbocycles. The number of allylic oxidation sites excluding steroid dienone is 1. The average Bonchev–Trinajstić information content (AvgIpc) is 2.94. The Hall–Kier alpha value is -3.09. The molecule has 0 aliphatic rings. The van der Waals surface area contributed by atoms with Gasteiger partial charge in [-0.05, 0) is 17.7 Å². The fourth-order valence-electron chi connectivity index (χ4n) is 2.95. The van der Waals surface area contributed by atoms with Gasteiger partial charge in [-0.25, -0.2) is 8.63 Å². The lowest BCUT2D eigenvalue weighted by Crippen LogP contribution is -2.14. The van der Waals surface area contributed by atoms with Crippen molar-refractivity contribution in [2.75, 3.05) is 14.1 Å². The minimum atomic E-state index is -3.02. The molecule has 3 aromatic rings. The minimum absolute atomic E-state index is 0.0927. The van der Waals surface area contributed by atoms with Crippen LogP contribution in [0.15, 0.2) is 66.9 Å². The first-order valence-electron chi connectivity index (χ1n) is 8.46. The van der Waals surface area contributed by atoms with E-state index in [9.17, 15) is 13.4 Å². The minimum Gasteiger partial charge on any atom is -0.503 e. The molecule has 0 N–H and O–H groups in total. The summed E-state index contributed by atoms with van der Waals surface area (Å²) < 4.78 is 32.7. The zero-order valence-electron chi connectivity index (χ0n) is 15.1. The van der Waals surface area contributed by atoms with Crippen LogP contribution < -0.4 is 4.65 Å². The molecule has 0 saturated heterocycles. The molecule has 0 aliphatic heterocycles. The quantitative estimate of drug-likeness (QED) is 0.355. The smallest absolute Gasteiger partial charge is 0.503 e. The van der Waals surface area contributed by atoms with Gasteiger partial charge in [0.15, 0.2) is 0 Å². The molecule has 0 aliphatic carbocycles. The lowest BCUT2D eigenvalue weighted by molar-refractivity contribution is 0.103. The van der Waals surface area contributed by atoms with E-state index in [1.54, 1.807) is 54.0 Å².